The van der Waals surface area contributed by atoms with Gasteiger partial charge < -0.3 is 10.1 Å². The van der Waals surface area contributed by atoms with Crippen molar-refractivity contribution < 1.29 is 14.3 Å². The lowest BCUT2D eigenvalue weighted by atomic mass is 10.0. The van der Waals surface area contributed by atoms with Crippen LogP contribution >= 0.6 is 0 Å². The summed E-state index contributed by atoms with van der Waals surface area (Å²) in [6.45, 7) is 1.97. The molecule has 0 aliphatic heterocycles. The molecule has 0 bridgehead atoms. The number of hydrogen-bond acceptors (Lipinski definition) is 3. The van der Waals surface area contributed by atoms with Crippen LogP contribution in [0.1, 0.15) is 32.6 Å². The fourth-order valence-electron chi connectivity index (χ4n) is 2.39. The Morgan fingerprint density at radius 3 is 2.89 bits per heavy atom. The first-order valence-corrected chi connectivity index (χ1v) is 6.69. The number of amides is 1. The van der Waals surface area contributed by atoms with Crippen LogP contribution in [0.2, 0.25) is 0 Å². The minimum absolute atomic E-state index is 0.123. The predicted octanol–water partition coefficient (Wildman–Crippen LogP) is 2.78. The van der Waals surface area contributed by atoms with Crippen molar-refractivity contribution in [2.75, 3.05) is 11.9 Å². The molecule has 0 heterocycles. The van der Waals surface area contributed by atoms with E-state index in [2.05, 4.69) is 5.32 Å². The van der Waals surface area contributed by atoms with Crippen LogP contribution in [0.25, 0.3) is 0 Å². The second-order valence-corrected chi connectivity index (χ2v) is 4.87. The first-order valence-electron chi connectivity index (χ1n) is 6.69. The molecule has 0 saturated heterocycles. The third-order valence-electron chi connectivity index (χ3n) is 3.35. The molecule has 0 aromatic heterocycles. The molecule has 1 aromatic carbocycles. The number of hydrogen-bond donors (Lipinski definition) is 1. The third kappa shape index (κ3) is 3.81. The van der Waals surface area contributed by atoms with E-state index < -0.39 is 0 Å². The van der Waals surface area contributed by atoms with Crippen LogP contribution in [0.4, 0.5) is 5.69 Å². The predicted molar refractivity (Wildman–Crippen MR) is 73.2 cm³/mol. The molecule has 1 atom stereocenters. The highest BCUT2D eigenvalue weighted by atomic mass is 16.5. The number of rotatable bonds is 5. The lowest BCUT2D eigenvalue weighted by molar-refractivity contribution is -0.121. The third-order valence-corrected chi connectivity index (χ3v) is 3.35. The van der Waals surface area contributed by atoms with Crippen molar-refractivity contribution >= 4 is 17.4 Å². The molecule has 0 spiro atoms. The molecule has 1 aromatic rings. The standard InChI is InChI=1S/C15H19NO3/c1-11(17)16-13-6-2-3-8-15(13)19-10-9-12-5-4-7-14(12)18/h2-3,6,8,12H,4-5,7,9-10H2,1H3,(H,16,17). The zero-order valence-electron chi connectivity index (χ0n) is 11.1. The minimum Gasteiger partial charge on any atom is -0.491 e. The second kappa shape index (κ2) is 6.36. The molecule has 1 unspecified atom stereocenters. The number of Topliss-reactive ketones (excluding diaryl/α,β-unsaturated/α-hetero) is 1. The van der Waals surface area contributed by atoms with Crippen molar-refractivity contribution in [3.05, 3.63) is 24.3 Å². The number of para-hydroxylation sites is 2. The van der Waals surface area contributed by atoms with E-state index in [1.165, 1.54) is 6.92 Å². The van der Waals surface area contributed by atoms with Gasteiger partial charge in [0, 0.05) is 19.3 Å². The monoisotopic (exact) mass is 261 g/mol. The van der Waals surface area contributed by atoms with Crippen LogP contribution in [-0.2, 0) is 9.59 Å². The molecular formula is C15H19NO3. The van der Waals surface area contributed by atoms with Crippen LogP contribution in [0, 0.1) is 5.92 Å². The molecule has 1 amide bonds. The van der Waals surface area contributed by atoms with E-state index in [4.69, 9.17) is 4.74 Å². The van der Waals surface area contributed by atoms with Gasteiger partial charge >= 0.3 is 0 Å². The van der Waals surface area contributed by atoms with Gasteiger partial charge in [-0.2, -0.15) is 0 Å². The molecule has 102 valence electrons. The molecule has 4 nitrogen and oxygen atoms in total. The van der Waals surface area contributed by atoms with Crippen LogP contribution in [0.5, 0.6) is 5.75 Å². The van der Waals surface area contributed by atoms with Crippen LogP contribution in [0.3, 0.4) is 0 Å². The molecule has 1 aliphatic carbocycles. The topological polar surface area (TPSA) is 55.4 Å². The minimum atomic E-state index is -0.123. The molecular weight excluding hydrogens is 242 g/mol. The average molecular weight is 261 g/mol. The summed E-state index contributed by atoms with van der Waals surface area (Å²) >= 11 is 0. The Balaban J connectivity index is 1.88. The summed E-state index contributed by atoms with van der Waals surface area (Å²) in [4.78, 5) is 22.6. The number of nitrogens with one attached hydrogen (secondary N) is 1. The maximum absolute atomic E-state index is 11.5. The van der Waals surface area contributed by atoms with Crippen molar-refractivity contribution in [3.63, 3.8) is 0 Å². The van der Waals surface area contributed by atoms with E-state index in [0.717, 1.165) is 19.3 Å². The van der Waals surface area contributed by atoms with Crippen molar-refractivity contribution in [1.29, 1.82) is 0 Å². The number of ether oxygens (including phenoxy) is 1. The molecule has 2 rings (SSSR count). The molecule has 0 radical (unpaired) electrons. The van der Waals surface area contributed by atoms with Gasteiger partial charge in [0.15, 0.2) is 0 Å². The number of anilines is 1. The highest BCUT2D eigenvalue weighted by molar-refractivity contribution is 5.90. The van der Waals surface area contributed by atoms with Gasteiger partial charge in [-0.15, -0.1) is 0 Å². The fourth-order valence-corrected chi connectivity index (χ4v) is 2.39. The summed E-state index contributed by atoms with van der Waals surface area (Å²) in [7, 11) is 0. The van der Waals surface area contributed by atoms with Gasteiger partial charge in [0.1, 0.15) is 11.5 Å². The SMILES string of the molecule is CC(=O)Nc1ccccc1OCCC1CCCC1=O. The zero-order chi connectivity index (χ0) is 13.7. The summed E-state index contributed by atoms with van der Waals surface area (Å²) in [6, 6.07) is 7.33. The smallest absolute Gasteiger partial charge is 0.221 e. The zero-order valence-corrected chi connectivity index (χ0v) is 11.1. The summed E-state index contributed by atoms with van der Waals surface area (Å²) in [5, 5.41) is 2.73. The number of carbonyl (C=O) groups excluding carboxylic acids is 2. The molecule has 1 fully saturated rings. The van der Waals surface area contributed by atoms with Crippen molar-refractivity contribution in [3.8, 4) is 5.75 Å². The summed E-state index contributed by atoms with van der Waals surface area (Å²) in [5.74, 6) is 1.05. The Morgan fingerprint density at radius 2 is 2.21 bits per heavy atom. The van der Waals surface area contributed by atoms with Gasteiger partial charge in [-0.05, 0) is 31.4 Å². The number of ketones is 1. The largest absolute Gasteiger partial charge is 0.491 e. The Labute approximate surface area is 113 Å². The highest BCUT2D eigenvalue weighted by Gasteiger charge is 2.23. The molecule has 1 saturated carbocycles. The van der Waals surface area contributed by atoms with E-state index in [9.17, 15) is 9.59 Å². The second-order valence-electron chi connectivity index (χ2n) is 4.87. The Hall–Kier alpha value is -1.84. The molecule has 19 heavy (non-hydrogen) atoms. The normalized spacial score (nSPS) is 18.4. The maximum atomic E-state index is 11.5. The van der Waals surface area contributed by atoms with Gasteiger partial charge in [-0.1, -0.05) is 12.1 Å². The molecule has 4 heteroatoms. The van der Waals surface area contributed by atoms with Crippen LogP contribution in [-0.4, -0.2) is 18.3 Å². The van der Waals surface area contributed by atoms with Gasteiger partial charge in [-0.25, -0.2) is 0 Å². The van der Waals surface area contributed by atoms with Crippen LogP contribution < -0.4 is 10.1 Å². The van der Waals surface area contributed by atoms with E-state index >= 15 is 0 Å². The molecule has 1 aliphatic rings. The summed E-state index contributed by atoms with van der Waals surface area (Å²) in [6.07, 6.45) is 3.46. The Kier molecular flexibility index (Phi) is 4.55. The first-order chi connectivity index (χ1) is 9.16. The number of carbonyl (C=O) groups is 2. The maximum Gasteiger partial charge on any atom is 0.221 e. The van der Waals surface area contributed by atoms with E-state index in [-0.39, 0.29) is 11.8 Å². The van der Waals surface area contributed by atoms with Gasteiger partial charge in [0.25, 0.3) is 0 Å². The molecule has 1 N–H and O–H groups in total. The van der Waals surface area contributed by atoms with Crippen molar-refractivity contribution in [2.45, 2.75) is 32.6 Å². The van der Waals surface area contributed by atoms with Crippen molar-refractivity contribution in [1.82, 2.24) is 0 Å². The first kappa shape index (κ1) is 13.6. The van der Waals surface area contributed by atoms with E-state index in [0.29, 0.717) is 30.2 Å². The lowest BCUT2D eigenvalue weighted by Gasteiger charge is -2.13. The average Bonchev–Trinajstić information content (AvgIpc) is 2.77. The fraction of sp³-hybridized carbons (Fsp3) is 0.467. The Bertz CT molecular complexity index is 470. The lowest BCUT2D eigenvalue weighted by Crippen LogP contribution is -2.12. The van der Waals surface area contributed by atoms with Crippen LogP contribution in [0.15, 0.2) is 24.3 Å². The van der Waals surface area contributed by atoms with Gasteiger partial charge in [0.05, 0.1) is 12.3 Å². The highest BCUT2D eigenvalue weighted by Crippen LogP contribution is 2.27. The van der Waals surface area contributed by atoms with Gasteiger partial charge in [-0.3, -0.25) is 9.59 Å². The number of benzene rings is 1. The van der Waals surface area contributed by atoms with Crippen molar-refractivity contribution in [2.24, 2.45) is 5.92 Å². The Morgan fingerprint density at radius 1 is 1.42 bits per heavy atom. The van der Waals surface area contributed by atoms with Gasteiger partial charge in [0.2, 0.25) is 5.91 Å². The summed E-state index contributed by atoms with van der Waals surface area (Å²) < 4.78 is 5.68. The summed E-state index contributed by atoms with van der Waals surface area (Å²) in [5.41, 5.74) is 0.674. The van der Waals surface area contributed by atoms with E-state index in [1.54, 1.807) is 6.07 Å². The van der Waals surface area contributed by atoms with E-state index in [1.807, 2.05) is 18.2 Å². The quantitative estimate of drug-likeness (QED) is 0.886.